The SMILES string of the molecule is CC(C)c1cccc(C(C)C)c1C1=CC=C/C(=C/P(C(C)C)C(C)C)N1. The van der Waals surface area contributed by atoms with E-state index in [4.69, 9.17) is 0 Å². The molecule has 0 aromatic heterocycles. The molecule has 0 saturated carbocycles. The van der Waals surface area contributed by atoms with Crippen LogP contribution in [0.1, 0.15) is 83.9 Å². The Morgan fingerprint density at radius 3 is 1.85 bits per heavy atom. The first-order valence-electron chi connectivity index (χ1n) is 10.00. The molecule has 0 aliphatic carbocycles. The molecule has 2 heteroatoms. The lowest BCUT2D eigenvalue weighted by molar-refractivity contribution is 0.823. The van der Waals surface area contributed by atoms with Crippen LogP contribution in [0.15, 0.2) is 47.9 Å². The molecule has 0 bridgehead atoms. The predicted octanol–water partition coefficient (Wildman–Crippen LogP) is 7.57. The highest BCUT2D eigenvalue weighted by Gasteiger charge is 2.20. The minimum absolute atomic E-state index is 0.133. The summed E-state index contributed by atoms with van der Waals surface area (Å²) in [6.45, 7) is 18.5. The first-order valence-corrected chi connectivity index (χ1v) is 11.5. The molecule has 0 fully saturated rings. The molecule has 2 rings (SSSR count). The standard InChI is InChI=1S/C24H36NP/c1-16(2)21-12-10-13-22(17(3)4)24(21)23-14-9-11-20(25-23)15-26(18(5)6)19(7)8/h9-19,25H,1-8H3/b20-15-. The Labute approximate surface area is 162 Å². The van der Waals surface area contributed by atoms with Gasteiger partial charge >= 0.3 is 0 Å². The third kappa shape index (κ3) is 4.89. The minimum Gasteiger partial charge on any atom is -0.355 e. The van der Waals surface area contributed by atoms with Gasteiger partial charge in [-0.2, -0.15) is 0 Å². The summed E-state index contributed by atoms with van der Waals surface area (Å²) in [5.41, 5.74) is 8.16. The monoisotopic (exact) mass is 369 g/mol. The Morgan fingerprint density at radius 1 is 0.846 bits per heavy atom. The molecule has 0 radical (unpaired) electrons. The molecule has 0 atom stereocenters. The molecular weight excluding hydrogens is 333 g/mol. The van der Waals surface area contributed by atoms with Gasteiger partial charge < -0.3 is 5.32 Å². The molecule has 1 aromatic rings. The van der Waals surface area contributed by atoms with E-state index in [0.717, 1.165) is 0 Å². The zero-order valence-electron chi connectivity index (χ0n) is 17.8. The average Bonchev–Trinajstić information content (AvgIpc) is 2.58. The molecule has 0 spiro atoms. The second-order valence-electron chi connectivity index (χ2n) is 8.40. The quantitative estimate of drug-likeness (QED) is 0.510. The van der Waals surface area contributed by atoms with Crippen LogP contribution in [-0.2, 0) is 0 Å². The van der Waals surface area contributed by atoms with Crippen molar-refractivity contribution in [1.82, 2.24) is 5.32 Å². The van der Waals surface area contributed by atoms with Gasteiger partial charge in [0.15, 0.2) is 0 Å². The summed E-state index contributed by atoms with van der Waals surface area (Å²) in [6, 6.07) is 6.78. The lowest BCUT2D eigenvalue weighted by atomic mass is 9.86. The highest BCUT2D eigenvalue weighted by molar-refractivity contribution is 7.62. The van der Waals surface area contributed by atoms with E-state index in [2.05, 4.69) is 103 Å². The molecule has 1 heterocycles. The summed E-state index contributed by atoms with van der Waals surface area (Å²) in [5, 5.41) is 3.75. The maximum atomic E-state index is 3.75. The van der Waals surface area contributed by atoms with Crippen molar-refractivity contribution in [3.8, 4) is 0 Å². The molecule has 1 aliphatic heterocycles. The molecule has 1 aromatic carbocycles. The van der Waals surface area contributed by atoms with Gasteiger partial charge in [-0.1, -0.05) is 87.6 Å². The molecule has 142 valence electrons. The van der Waals surface area contributed by atoms with Gasteiger partial charge in [0.2, 0.25) is 0 Å². The van der Waals surface area contributed by atoms with Gasteiger partial charge in [0, 0.05) is 17.0 Å². The van der Waals surface area contributed by atoms with Crippen molar-refractivity contribution in [3.05, 3.63) is 64.6 Å². The fraction of sp³-hybridized carbons (Fsp3) is 0.500. The van der Waals surface area contributed by atoms with Gasteiger partial charge in [0.25, 0.3) is 0 Å². The number of nitrogens with one attached hydrogen (secondary N) is 1. The summed E-state index contributed by atoms with van der Waals surface area (Å²) in [6.07, 6.45) is 6.65. The molecule has 1 N–H and O–H groups in total. The van der Waals surface area contributed by atoms with Gasteiger partial charge in [0.05, 0.1) is 0 Å². The normalized spacial score (nSPS) is 16.3. The Bertz CT molecular complexity index is 671. The fourth-order valence-corrected chi connectivity index (χ4v) is 5.89. The number of benzene rings is 1. The smallest absolute Gasteiger partial charge is 0.0463 e. The zero-order chi connectivity index (χ0) is 19.4. The Balaban J connectivity index is 2.45. The number of hydrogen-bond donors (Lipinski definition) is 1. The van der Waals surface area contributed by atoms with Crippen LogP contribution in [0.2, 0.25) is 0 Å². The topological polar surface area (TPSA) is 12.0 Å². The molecule has 26 heavy (non-hydrogen) atoms. The zero-order valence-corrected chi connectivity index (χ0v) is 18.7. The summed E-state index contributed by atoms with van der Waals surface area (Å²) in [7, 11) is -0.133. The van der Waals surface area contributed by atoms with E-state index in [9.17, 15) is 0 Å². The van der Waals surface area contributed by atoms with Crippen LogP contribution in [0.4, 0.5) is 0 Å². The van der Waals surface area contributed by atoms with Gasteiger partial charge in [-0.05, 0) is 52.2 Å². The van der Waals surface area contributed by atoms with Crippen LogP contribution in [0.5, 0.6) is 0 Å². The van der Waals surface area contributed by atoms with Crippen molar-refractivity contribution in [1.29, 1.82) is 0 Å². The Kier molecular flexibility index (Phi) is 7.30. The van der Waals surface area contributed by atoms with Crippen molar-refractivity contribution in [2.75, 3.05) is 0 Å². The minimum atomic E-state index is -0.133. The van der Waals surface area contributed by atoms with Crippen LogP contribution in [0.3, 0.4) is 0 Å². The molecule has 0 amide bonds. The Hall–Kier alpha value is -1.33. The van der Waals surface area contributed by atoms with E-state index in [1.165, 1.54) is 28.1 Å². The first-order chi connectivity index (χ1) is 12.2. The molecule has 1 aliphatic rings. The lowest BCUT2D eigenvalue weighted by Gasteiger charge is -2.27. The van der Waals surface area contributed by atoms with Gasteiger partial charge in [-0.3, -0.25) is 0 Å². The number of allylic oxidation sites excluding steroid dienone is 3. The van der Waals surface area contributed by atoms with Crippen molar-refractivity contribution in [2.24, 2.45) is 0 Å². The third-order valence-corrected chi connectivity index (χ3v) is 7.90. The van der Waals surface area contributed by atoms with Crippen LogP contribution < -0.4 is 5.32 Å². The van der Waals surface area contributed by atoms with E-state index in [1.807, 2.05) is 0 Å². The number of rotatable bonds is 6. The highest BCUT2D eigenvalue weighted by atomic mass is 31.1. The van der Waals surface area contributed by atoms with Crippen LogP contribution in [0, 0.1) is 0 Å². The largest absolute Gasteiger partial charge is 0.355 e. The average molecular weight is 370 g/mol. The molecule has 0 unspecified atom stereocenters. The van der Waals surface area contributed by atoms with Crippen LogP contribution in [-0.4, -0.2) is 11.3 Å². The molecule has 1 nitrogen and oxygen atoms in total. The highest BCUT2D eigenvalue weighted by Crippen LogP contribution is 2.48. The lowest BCUT2D eigenvalue weighted by Crippen LogP contribution is -2.17. The summed E-state index contributed by atoms with van der Waals surface area (Å²) < 4.78 is 0. The maximum Gasteiger partial charge on any atom is 0.0463 e. The Morgan fingerprint density at radius 2 is 1.38 bits per heavy atom. The first kappa shape index (κ1) is 21.0. The van der Waals surface area contributed by atoms with Crippen molar-refractivity contribution in [2.45, 2.75) is 78.5 Å². The van der Waals surface area contributed by atoms with Crippen molar-refractivity contribution >= 4 is 13.6 Å². The van der Waals surface area contributed by atoms with E-state index in [0.29, 0.717) is 23.2 Å². The van der Waals surface area contributed by atoms with Crippen LogP contribution >= 0.6 is 7.92 Å². The summed E-state index contributed by atoms with van der Waals surface area (Å²) >= 11 is 0. The van der Waals surface area contributed by atoms with Crippen molar-refractivity contribution in [3.63, 3.8) is 0 Å². The van der Waals surface area contributed by atoms with E-state index in [1.54, 1.807) is 0 Å². The molecule has 0 saturated heterocycles. The number of dihydropyridines is 1. The van der Waals surface area contributed by atoms with Gasteiger partial charge in [0.1, 0.15) is 0 Å². The van der Waals surface area contributed by atoms with Crippen molar-refractivity contribution < 1.29 is 0 Å². The second-order valence-corrected chi connectivity index (χ2v) is 11.6. The van der Waals surface area contributed by atoms with Gasteiger partial charge in [-0.25, -0.2) is 0 Å². The summed E-state index contributed by atoms with van der Waals surface area (Å²) in [4.78, 5) is 0. The van der Waals surface area contributed by atoms with E-state index in [-0.39, 0.29) is 7.92 Å². The number of hydrogen-bond acceptors (Lipinski definition) is 1. The summed E-state index contributed by atoms with van der Waals surface area (Å²) in [5.74, 6) is 3.50. The van der Waals surface area contributed by atoms with E-state index < -0.39 is 0 Å². The molecular formula is C24H36NP. The van der Waals surface area contributed by atoms with E-state index >= 15 is 0 Å². The second kappa shape index (κ2) is 9.05. The van der Waals surface area contributed by atoms with Gasteiger partial charge in [-0.15, -0.1) is 0 Å². The predicted molar refractivity (Wildman–Crippen MR) is 120 cm³/mol. The third-order valence-electron chi connectivity index (χ3n) is 4.94. The maximum absolute atomic E-state index is 3.75. The van der Waals surface area contributed by atoms with Crippen LogP contribution in [0.25, 0.3) is 5.70 Å². The fourth-order valence-electron chi connectivity index (χ4n) is 3.63.